The van der Waals surface area contributed by atoms with Crippen LogP contribution >= 0.6 is 0 Å². The molecule has 0 atom stereocenters. The fourth-order valence-corrected chi connectivity index (χ4v) is 1.11. The molecule has 12 heavy (non-hydrogen) atoms. The Morgan fingerprint density at radius 1 is 1.50 bits per heavy atom. The van der Waals surface area contributed by atoms with Gasteiger partial charge in [0.25, 0.3) is 0 Å². The van der Waals surface area contributed by atoms with Crippen molar-refractivity contribution in [3.63, 3.8) is 0 Å². The number of hydrogen-bond acceptors (Lipinski definition) is 2. The largest absolute Gasteiger partial charge is 0.348 e. The predicted octanol–water partition coefficient (Wildman–Crippen LogP) is 1.09. The van der Waals surface area contributed by atoms with Crippen molar-refractivity contribution in [2.45, 2.75) is 19.3 Å². The summed E-state index contributed by atoms with van der Waals surface area (Å²) in [6.45, 7) is 1.16. The molecule has 0 amide bonds. The van der Waals surface area contributed by atoms with Crippen LogP contribution in [0.1, 0.15) is 18.7 Å². The zero-order chi connectivity index (χ0) is 8.81. The van der Waals surface area contributed by atoms with E-state index in [1.807, 2.05) is 0 Å². The second-order valence-corrected chi connectivity index (χ2v) is 3.24. The summed E-state index contributed by atoms with van der Waals surface area (Å²) in [5, 5.41) is 0. The molecule has 67 valence electrons. The van der Waals surface area contributed by atoms with E-state index >= 15 is 0 Å². The van der Waals surface area contributed by atoms with Crippen molar-refractivity contribution in [2.24, 2.45) is 0 Å². The van der Waals surface area contributed by atoms with Crippen molar-refractivity contribution < 1.29 is 0 Å². The topological polar surface area (TPSA) is 31.9 Å². The molecule has 1 heterocycles. The van der Waals surface area contributed by atoms with E-state index in [0.29, 0.717) is 0 Å². The van der Waals surface area contributed by atoms with E-state index in [1.165, 1.54) is 12.8 Å². The SMILES string of the molecule is CN(C)CCCCc1n[c]c[nH]1. The Labute approximate surface area is 73.8 Å². The second kappa shape index (κ2) is 4.93. The van der Waals surface area contributed by atoms with Crippen LogP contribution in [0.3, 0.4) is 0 Å². The van der Waals surface area contributed by atoms with Crippen molar-refractivity contribution in [1.29, 1.82) is 0 Å². The molecule has 1 N–H and O–H groups in total. The van der Waals surface area contributed by atoms with Gasteiger partial charge in [-0.3, -0.25) is 0 Å². The molecule has 0 aliphatic carbocycles. The number of aromatic nitrogens is 2. The maximum absolute atomic E-state index is 4.04. The number of rotatable bonds is 5. The van der Waals surface area contributed by atoms with E-state index in [0.717, 1.165) is 18.8 Å². The van der Waals surface area contributed by atoms with Gasteiger partial charge in [-0.15, -0.1) is 0 Å². The number of unbranched alkanes of at least 4 members (excludes halogenated alkanes) is 1. The monoisotopic (exact) mass is 166 g/mol. The van der Waals surface area contributed by atoms with E-state index in [1.54, 1.807) is 6.20 Å². The fourth-order valence-electron chi connectivity index (χ4n) is 1.11. The number of H-pyrrole nitrogens is 1. The molecule has 0 aliphatic rings. The highest BCUT2D eigenvalue weighted by molar-refractivity contribution is 4.85. The third kappa shape index (κ3) is 3.53. The number of aromatic amines is 1. The van der Waals surface area contributed by atoms with E-state index in [-0.39, 0.29) is 0 Å². The number of aryl methyl sites for hydroxylation is 1. The Morgan fingerprint density at radius 2 is 2.33 bits per heavy atom. The van der Waals surface area contributed by atoms with Crippen LogP contribution in [0, 0.1) is 6.20 Å². The summed E-state index contributed by atoms with van der Waals surface area (Å²) >= 11 is 0. The Balaban J connectivity index is 2.04. The summed E-state index contributed by atoms with van der Waals surface area (Å²) < 4.78 is 0. The first-order chi connectivity index (χ1) is 5.79. The summed E-state index contributed by atoms with van der Waals surface area (Å²) in [6, 6.07) is 0. The van der Waals surface area contributed by atoms with Gasteiger partial charge in [-0.2, -0.15) is 0 Å². The van der Waals surface area contributed by atoms with Crippen molar-refractivity contribution >= 4 is 0 Å². The number of nitrogens with zero attached hydrogens (tertiary/aromatic N) is 2. The fraction of sp³-hybridized carbons (Fsp3) is 0.667. The molecule has 0 bridgehead atoms. The van der Waals surface area contributed by atoms with Crippen molar-refractivity contribution in [3.05, 3.63) is 18.2 Å². The molecule has 0 unspecified atom stereocenters. The second-order valence-electron chi connectivity index (χ2n) is 3.24. The predicted molar refractivity (Wildman–Crippen MR) is 48.9 cm³/mol. The van der Waals surface area contributed by atoms with Gasteiger partial charge < -0.3 is 9.88 Å². The van der Waals surface area contributed by atoms with Crippen LogP contribution in [0.25, 0.3) is 0 Å². The van der Waals surface area contributed by atoms with Crippen molar-refractivity contribution in [3.8, 4) is 0 Å². The van der Waals surface area contributed by atoms with Crippen LogP contribution in [0.5, 0.6) is 0 Å². The zero-order valence-electron chi connectivity index (χ0n) is 7.80. The maximum atomic E-state index is 4.04. The van der Waals surface area contributed by atoms with E-state index in [9.17, 15) is 0 Å². The summed E-state index contributed by atoms with van der Waals surface area (Å²) in [4.78, 5) is 9.29. The lowest BCUT2D eigenvalue weighted by atomic mass is 10.2. The van der Waals surface area contributed by atoms with E-state index in [2.05, 4.69) is 35.2 Å². The third-order valence-corrected chi connectivity index (χ3v) is 1.77. The maximum Gasteiger partial charge on any atom is 0.108 e. The lowest BCUT2D eigenvalue weighted by molar-refractivity contribution is 0.394. The molecule has 3 heteroatoms. The number of imidazole rings is 1. The highest BCUT2D eigenvalue weighted by Gasteiger charge is 1.95. The molecule has 0 saturated carbocycles. The summed E-state index contributed by atoms with van der Waals surface area (Å²) in [7, 11) is 4.20. The lowest BCUT2D eigenvalue weighted by Crippen LogP contribution is -2.12. The van der Waals surface area contributed by atoms with Gasteiger partial charge in [0.2, 0.25) is 0 Å². The first kappa shape index (κ1) is 9.26. The van der Waals surface area contributed by atoms with Crippen molar-refractivity contribution in [2.75, 3.05) is 20.6 Å². The minimum Gasteiger partial charge on any atom is -0.348 e. The molecule has 0 spiro atoms. The Morgan fingerprint density at radius 3 is 2.92 bits per heavy atom. The Hall–Kier alpha value is -0.830. The normalized spacial score (nSPS) is 10.9. The molecule has 0 aromatic carbocycles. The Bertz CT molecular complexity index is 192. The molecule has 0 saturated heterocycles. The summed E-state index contributed by atoms with van der Waals surface area (Å²) in [6.07, 6.45) is 7.98. The minimum atomic E-state index is 1.04. The first-order valence-corrected chi connectivity index (χ1v) is 4.34. The van der Waals surface area contributed by atoms with Crippen LogP contribution < -0.4 is 0 Å². The van der Waals surface area contributed by atoms with Crippen LogP contribution in [0.15, 0.2) is 6.20 Å². The summed E-state index contributed by atoms with van der Waals surface area (Å²) in [5.41, 5.74) is 0. The van der Waals surface area contributed by atoms with Crippen LogP contribution in [-0.4, -0.2) is 35.5 Å². The van der Waals surface area contributed by atoms with Gasteiger partial charge in [-0.25, -0.2) is 4.98 Å². The molecule has 1 aromatic heterocycles. The van der Waals surface area contributed by atoms with Crippen LogP contribution in [-0.2, 0) is 6.42 Å². The van der Waals surface area contributed by atoms with Gasteiger partial charge in [0.1, 0.15) is 12.0 Å². The molecule has 1 aromatic rings. The van der Waals surface area contributed by atoms with Crippen LogP contribution in [0.2, 0.25) is 0 Å². The number of hydrogen-bond donors (Lipinski definition) is 1. The highest BCUT2D eigenvalue weighted by Crippen LogP contribution is 1.98. The highest BCUT2D eigenvalue weighted by atomic mass is 15.0. The molecule has 0 fully saturated rings. The standard InChI is InChI=1S/C9H16N3/c1-12(2)8-4-3-5-9-10-6-7-11-9/h6H,3-5,8H2,1-2H3,(H,10,11). The van der Waals surface area contributed by atoms with Gasteiger partial charge in [-0.1, -0.05) is 0 Å². The molecule has 0 aliphatic heterocycles. The lowest BCUT2D eigenvalue weighted by Gasteiger charge is -2.07. The summed E-state index contributed by atoms with van der Waals surface area (Å²) in [5.74, 6) is 1.05. The van der Waals surface area contributed by atoms with E-state index in [4.69, 9.17) is 0 Å². The van der Waals surface area contributed by atoms with E-state index < -0.39 is 0 Å². The molecular formula is C9H16N3. The Kier molecular flexibility index (Phi) is 3.80. The van der Waals surface area contributed by atoms with Gasteiger partial charge in [0.15, 0.2) is 0 Å². The molecule has 1 rings (SSSR count). The van der Waals surface area contributed by atoms with Gasteiger partial charge in [-0.05, 0) is 33.5 Å². The zero-order valence-corrected chi connectivity index (χ0v) is 7.80. The molecule has 3 nitrogen and oxygen atoms in total. The third-order valence-electron chi connectivity index (χ3n) is 1.77. The van der Waals surface area contributed by atoms with Gasteiger partial charge >= 0.3 is 0 Å². The number of nitrogens with one attached hydrogen (secondary N) is 1. The smallest absolute Gasteiger partial charge is 0.108 e. The molecule has 1 radical (unpaired) electrons. The van der Waals surface area contributed by atoms with Gasteiger partial charge in [0, 0.05) is 12.6 Å². The first-order valence-electron chi connectivity index (χ1n) is 4.34. The van der Waals surface area contributed by atoms with Crippen molar-refractivity contribution in [1.82, 2.24) is 14.9 Å². The average Bonchev–Trinajstić information content (AvgIpc) is 2.49. The molecular weight excluding hydrogens is 150 g/mol. The quantitative estimate of drug-likeness (QED) is 0.664. The van der Waals surface area contributed by atoms with Crippen LogP contribution in [0.4, 0.5) is 0 Å². The minimum absolute atomic E-state index is 1.04. The van der Waals surface area contributed by atoms with Gasteiger partial charge in [0.05, 0.1) is 0 Å². The average molecular weight is 166 g/mol.